The van der Waals surface area contributed by atoms with Crippen molar-refractivity contribution in [1.82, 2.24) is 15.0 Å². The molecule has 1 aromatic heterocycles. The van der Waals surface area contributed by atoms with Gasteiger partial charge in [0.25, 0.3) is 0 Å². The molecule has 0 aromatic carbocycles. The van der Waals surface area contributed by atoms with Crippen LogP contribution in [0, 0.1) is 5.41 Å². The van der Waals surface area contributed by atoms with Gasteiger partial charge >= 0.3 is 0 Å². The van der Waals surface area contributed by atoms with Crippen molar-refractivity contribution in [2.24, 2.45) is 11.1 Å². The Kier molecular flexibility index (Phi) is 4.31. The standard InChI is InChI=1S/C16H28N4O/c1-16(2)8-6-7-12(16)15-18-14(19-21-15)13(17)11-20-9-4-3-5-10-20/h12-13H,3-11,17H2,1-2H3. The van der Waals surface area contributed by atoms with Crippen molar-refractivity contribution >= 4 is 0 Å². The van der Waals surface area contributed by atoms with E-state index in [1.54, 1.807) is 0 Å². The maximum absolute atomic E-state index is 6.28. The molecular formula is C16H28N4O. The van der Waals surface area contributed by atoms with E-state index in [1.807, 2.05) is 0 Å². The summed E-state index contributed by atoms with van der Waals surface area (Å²) in [5.41, 5.74) is 6.54. The molecule has 2 atom stereocenters. The van der Waals surface area contributed by atoms with Crippen molar-refractivity contribution in [3.63, 3.8) is 0 Å². The third kappa shape index (κ3) is 3.29. The van der Waals surface area contributed by atoms with Crippen molar-refractivity contribution in [2.45, 2.75) is 64.3 Å². The Morgan fingerprint density at radius 1 is 1.29 bits per heavy atom. The van der Waals surface area contributed by atoms with Crippen LogP contribution in [-0.2, 0) is 0 Å². The molecule has 0 spiro atoms. The van der Waals surface area contributed by atoms with Gasteiger partial charge in [-0.25, -0.2) is 0 Å². The molecule has 3 rings (SSSR count). The Morgan fingerprint density at radius 3 is 2.71 bits per heavy atom. The Hall–Kier alpha value is -0.940. The molecular weight excluding hydrogens is 264 g/mol. The number of hydrogen-bond donors (Lipinski definition) is 1. The van der Waals surface area contributed by atoms with Gasteiger partial charge < -0.3 is 15.2 Å². The fourth-order valence-corrected chi connectivity index (χ4v) is 3.83. The molecule has 1 aliphatic carbocycles. The average Bonchev–Trinajstić information content (AvgIpc) is 3.05. The maximum atomic E-state index is 6.28. The van der Waals surface area contributed by atoms with E-state index in [4.69, 9.17) is 10.3 Å². The predicted octanol–water partition coefficient (Wildman–Crippen LogP) is 2.85. The predicted molar refractivity (Wildman–Crippen MR) is 81.9 cm³/mol. The van der Waals surface area contributed by atoms with E-state index >= 15 is 0 Å². The van der Waals surface area contributed by atoms with E-state index in [-0.39, 0.29) is 11.5 Å². The molecule has 0 amide bonds. The highest BCUT2D eigenvalue weighted by atomic mass is 16.5. The van der Waals surface area contributed by atoms with Crippen LogP contribution in [0.4, 0.5) is 0 Å². The van der Waals surface area contributed by atoms with Crippen LogP contribution < -0.4 is 5.73 Å². The normalized spacial score (nSPS) is 27.9. The zero-order chi connectivity index (χ0) is 14.9. The van der Waals surface area contributed by atoms with E-state index in [9.17, 15) is 0 Å². The summed E-state index contributed by atoms with van der Waals surface area (Å²) < 4.78 is 5.53. The SMILES string of the molecule is CC1(C)CCCC1c1nc(C(N)CN2CCCCC2)no1. The second-order valence-electron chi connectivity index (χ2n) is 7.39. The Morgan fingerprint density at radius 2 is 2.05 bits per heavy atom. The second-order valence-corrected chi connectivity index (χ2v) is 7.39. The first-order valence-corrected chi connectivity index (χ1v) is 8.38. The van der Waals surface area contributed by atoms with Gasteiger partial charge in [0, 0.05) is 12.5 Å². The lowest BCUT2D eigenvalue weighted by atomic mass is 9.82. The fourth-order valence-electron chi connectivity index (χ4n) is 3.83. The minimum atomic E-state index is -0.134. The van der Waals surface area contributed by atoms with Gasteiger partial charge in [0.1, 0.15) is 0 Å². The number of piperidine rings is 1. The maximum Gasteiger partial charge on any atom is 0.230 e. The van der Waals surface area contributed by atoms with E-state index in [1.165, 1.54) is 32.1 Å². The summed E-state index contributed by atoms with van der Waals surface area (Å²) in [6.45, 7) is 7.72. The first-order valence-electron chi connectivity index (χ1n) is 8.38. The summed E-state index contributed by atoms with van der Waals surface area (Å²) in [7, 11) is 0. The minimum Gasteiger partial charge on any atom is -0.339 e. The number of aromatic nitrogens is 2. The van der Waals surface area contributed by atoms with Crippen molar-refractivity contribution in [1.29, 1.82) is 0 Å². The van der Waals surface area contributed by atoms with E-state index in [0.717, 1.165) is 31.9 Å². The molecule has 2 aliphatic rings. The van der Waals surface area contributed by atoms with Crippen molar-refractivity contribution in [2.75, 3.05) is 19.6 Å². The van der Waals surface area contributed by atoms with Crippen LogP contribution in [-0.4, -0.2) is 34.7 Å². The van der Waals surface area contributed by atoms with E-state index < -0.39 is 0 Å². The zero-order valence-corrected chi connectivity index (χ0v) is 13.3. The lowest BCUT2D eigenvalue weighted by Gasteiger charge is -2.27. The highest BCUT2D eigenvalue weighted by molar-refractivity contribution is 5.05. The van der Waals surface area contributed by atoms with E-state index in [0.29, 0.717) is 11.7 Å². The number of hydrogen-bond acceptors (Lipinski definition) is 5. The van der Waals surface area contributed by atoms with Crippen LogP contribution in [0.15, 0.2) is 4.52 Å². The minimum absolute atomic E-state index is 0.134. The molecule has 21 heavy (non-hydrogen) atoms. The van der Waals surface area contributed by atoms with Crippen LogP contribution in [0.3, 0.4) is 0 Å². The van der Waals surface area contributed by atoms with Gasteiger partial charge in [-0.2, -0.15) is 4.98 Å². The number of nitrogens with two attached hydrogens (primary N) is 1. The molecule has 1 aromatic rings. The number of nitrogens with zero attached hydrogens (tertiary/aromatic N) is 3. The third-order valence-electron chi connectivity index (χ3n) is 5.25. The number of likely N-dealkylation sites (tertiary alicyclic amines) is 1. The van der Waals surface area contributed by atoms with Crippen LogP contribution in [0.1, 0.15) is 76.0 Å². The van der Waals surface area contributed by atoms with Crippen LogP contribution >= 0.6 is 0 Å². The van der Waals surface area contributed by atoms with Gasteiger partial charge in [0.15, 0.2) is 5.82 Å². The summed E-state index contributed by atoms with van der Waals surface area (Å²) in [6.07, 6.45) is 7.52. The van der Waals surface area contributed by atoms with Crippen molar-refractivity contribution < 1.29 is 4.52 Å². The highest BCUT2D eigenvalue weighted by Crippen LogP contribution is 2.48. The van der Waals surface area contributed by atoms with Crippen LogP contribution in [0.2, 0.25) is 0 Å². The Bertz CT molecular complexity index is 465. The van der Waals surface area contributed by atoms with Crippen molar-refractivity contribution in [3.05, 3.63) is 11.7 Å². The Labute approximate surface area is 127 Å². The van der Waals surface area contributed by atoms with Gasteiger partial charge in [-0.05, 0) is 44.2 Å². The van der Waals surface area contributed by atoms with E-state index in [2.05, 4.69) is 28.9 Å². The molecule has 0 radical (unpaired) electrons. The summed E-state index contributed by atoms with van der Waals surface area (Å²) in [6, 6.07) is -0.134. The van der Waals surface area contributed by atoms with Gasteiger partial charge in [0.2, 0.25) is 5.89 Å². The van der Waals surface area contributed by atoms with Gasteiger partial charge in [-0.1, -0.05) is 31.8 Å². The van der Waals surface area contributed by atoms with Gasteiger partial charge in [-0.3, -0.25) is 0 Å². The molecule has 2 N–H and O–H groups in total. The molecule has 118 valence electrons. The summed E-state index contributed by atoms with van der Waals surface area (Å²) >= 11 is 0. The molecule has 1 saturated heterocycles. The lowest BCUT2D eigenvalue weighted by Crippen LogP contribution is -2.36. The zero-order valence-electron chi connectivity index (χ0n) is 13.3. The van der Waals surface area contributed by atoms with Gasteiger partial charge in [0.05, 0.1) is 6.04 Å². The monoisotopic (exact) mass is 292 g/mol. The largest absolute Gasteiger partial charge is 0.339 e. The summed E-state index contributed by atoms with van der Waals surface area (Å²) in [4.78, 5) is 7.04. The number of rotatable bonds is 4. The molecule has 2 fully saturated rings. The highest BCUT2D eigenvalue weighted by Gasteiger charge is 2.39. The van der Waals surface area contributed by atoms with Crippen LogP contribution in [0.25, 0.3) is 0 Å². The van der Waals surface area contributed by atoms with Crippen LogP contribution in [0.5, 0.6) is 0 Å². The second kappa shape index (κ2) is 6.05. The third-order valence-corrected chi connectivity index (χ3v) is 5.25. The quantitative estimate of drug-likeness (QED) is 0.924. The summed E-state index contributed by atoms with van der Waals surface area (Å²) in [5.74, 6) is 1.86. The summed E-state index contributed by atoms with van der Waals surface area (Å²) in [5, 5.41) is 4.15. The molecule has 0 bridgehead atoms. The van der Waals surface area contributed by atoms with Crippen molar-refractivity contribution in [3.8, 4) is 0 Å². The first-order chi connectivity index (χ1) is 10.1. The first kappa shape index (κ1) is 15.0. The lowest BCUT2D eigenvalue weighted by molar-refractivity contribution is 0.213. The Balaban J connectivity index is 1.64. The molecule has 1 saturated carbocycles. The van der Waals surface area contributed by atoms with Gasteiger partial charge in [-0.15, -0.1) is 0 Å². The average molecular weight is 292 g/mol. The molecule has 5 nitrogen and oxygen atoms in total. The smallest absolute Gasteiger partial charge is 0.230 e. The molecule has 5 heteroatoms. The molecule has 1 aliphatic heterocycles. The topological polar surface area (TPSA) is 68.2 Å². The molecule has 2 heterocycles. The molecule has 2 unspecified atom stereocenters. The fraction of sp³-hybridized carbons (Fsp3) is 0.875.